The zero-order valence-electron chi connectivity index (χ0n) is 10.3. The summed E-state index contributed by atoms with van der Waals surface area (Å²) in [5.41, 5.74) is 7.67. The molecule has 0 bridgehead atoms. The van der Waals surface area contributed by atoms with Gasteiger partial charge in [-0.3, -0.25) is 4.98 Å². The highest BCUT2D eigenvalue weighted by Gasteiger charge is 2.19. The normalized spacial score (nSPS) is 12.5. The first-order valence-electron chi connectivity index (χ1n) is 6.30. The Kier molecular flexibility index (Phi) is 1.87. The van der Waals surface area contributed by atoms with Gasteiger partial charge >= 0.3 is 0 Å². The fourth-order valence-corrected chi connectivity index (χ4v) is 2.87. The first kappa shape index (κ1) is 9.84. The van der Waals surface area contributed by atoms with Gasteiger partial charge in [-0.1, -0.05) is 42.5 Å². The molecule has 0 atom stereocenters. The number of pyridine rings is 1. The summed E-state index contributed by atoms with van der Waals surface area (Å²) in [7, 11) is 0. The van der Waals surface area contributed by atoms with Gasteiger partial charge < -0.3 is 0 Å². The van der Waals surface area contributed by atoms with Gasteiger partial charge in [-0.05, 0) is 29.7 Å². The summed E-state index contributed by atoms with van der Waals surface area (Å²) in [5.74, 6) is 0. The SMILES string of the molecule is Cc1cccc2cc3c(nc12)Cc1ccccc1-3. The summed E-state index contributed by atoms with van der Waals surface area (Å²) >= 11 is 0. The van der Waals surface area contributed by atoms with Crippen LogP contribution in [0.3, 0.4) is 0 Å². The van der Waals surface area contributed by atoms with Gasteiger partial charge in [-0.2, -0.15) is 0 Å². The van der Waals surface area contributed by atoms with E-state index in [0.717, 1.165) is 11.9 Å². The fraction of sp³-hybridized carbons (Fsp3) is 0.118. The van der Waals surface area contributed by atoms with Crippen LogP contribution in [0.25, 0.3) is 22.0 Å². The molecule has 18 heavy (non-hydrogen) atoms. The summed E-state index contributed by atoms with van der Waals surface area (Å²) in [5, 5.41) is 1.24. The van der Waals surface area contributed by atoms with Crippen LogP contribution in [0.1, 0.15) is 16.8 Å². The second-order valence-electron chi connectivity index (χ2n) is 4.96. The molecule has 0 N–H and O–H groups in total. The molecule has 2 aromatic carbocycles. The van der Waals surface area contributed by atoms with Crippen molar-refractivity contribution >= 4 is 10.9 Å². The molecule has 0 amide bonds. The molecule has 0 fully saturated rings. The lowest BCUT2D eigenvalue weighted by atomic mass is 10.0. The first-order chi connectivity index (χ1) is 8.83. The minimum absolute atomic E-state index is 0.968. The van der Waals surface area contributed by atoms with Crippen molar-refractivity contribution in [2.24, 2.45) is 0 Å². The monoisotopic (exact) mass is 231 g/mol. The molecule has 0 saturated carbocycles. The van der Waals surface area contributed by atoms with Gasteiger partial charge in [0.15, 0.2) is 0 Å². The van der Waals surface area contributed by atoms with Gasteiger partial charge in [0.1, 0.15) is 0 Å². The molecule has 3 aromatic rings. The van der Waals surface area contributed by atoms with E-state index in [4.69, 9.17) is 4.98 Å². The number of benzene rings is 2. The van der Waals surface area contributed by atoms with E-state index in [-0.39, 0.29) is 0 Å². The number of aromatic nitrogens is 1. The Morgan fingerprint density at radius 3 is 2.78 bits per heavy atom. The number of aryl methyl sites for hydroxylation is 1. The van der Waals surface area contributed by atoms with Gasteiger partial charge in [0.25, 0.3) is 0 Å². The highest BCUT2D eigenvalue weighted by atomic mass is 14.7. The lowest BCUT2D eigenvalue weighted by Gasteiger charge is -2.05. The van der Waals surface area contributed by atoms with Crippen molar-refractivity contribution in [2.45, 2.75) is 13.3 Å². The lowest BCUT2D eigenvalue weighted by molar-refractivity contribution is 1.15. The number of para-hydroxylation sites is 1. The number of hydrogen-bond donors (Lipinski definition) is 0. The van der Waals surface area contributed by atoms with Crippen molar-refractivity contribution in [2.75, 3.05) is 0 Å². The van der Waals surface area contributed by atoms with Crippen LogP contribution in [-0.4, -0.2) is 4.98 Å². The van der Waals surface area contributed by atoms with Crippen LogP contribution in [0, 0.1) is 6.92 Å². The third-order valence-corrected chi connectivity index (χ3v) is 3.79. The Labute approximate surface area is 106 Å². The van der Waals surface area contributed by atoms with Crippen molar-refractivity contribution in [1.82, 2.24) is 4.98 Å². The Hall–Kier alpha value is -2.15. The highest BCUT2D eigenvalue weighted by Crippen LogP contribution is 2.37. The Morgan fingerprint density at radius 2 is 1.83 bits per heavy atom. The summed E-state index contributed by atoms with van der Waals surface area (Å²) < 4.78 is 0. The van der Waals surface area contributed by atoms with E-state index < -0.39 is 0 Å². The predicted octanol–water partition coefficient (Wildman–Crippen LogP) is 4.11. The third kappa shape index (κ3) is 1.25. The smallest absolute Gasteiger partial charge is 0.0735 e. The summed E-state index contributed by atoms with van der Waals surface area (Å²) in [6.07, 6.45) is 0.968. The molecular formula is C17H13N. The largest absolute Gasteiger partial charge is 0.252 e. The van der Waals surface area contributed by atoms with Crippen LogP contribution in [0.4, 0.5) is 0 Å². The van der Waals surface area contributed by atoms with E-state index in [1.807, 2.05) is 0 Å². The van der Waals surface area contributed by atoms with Crippen LogP contribution in [0.15, 0.2) is 48.5 Å². The van der Waals surface area contributed by atoms with E-state index in [9.17, 15) is 0 Å². The van der Waals surface area contributed by atoms with E-state index in [0.29, 0.717) is 0 Å². The van der Waals surface area contributed by atoms with Crippen molar-refractivity contribution in [3.63, 3.8) is 0 Å². The average molecular weight is 231 g/mol. The molecule has 1 nitrogen and oxygen atoms in total. The number of rotatable bonds is 0. The molecule has 1 aliphatic carbocycles. The molecular weight excluding hydrogens is 218 g/mol. The zero-order valence-corrected chi connectivity index (χ0v) is 10.3. The van der Waals surface area contributed by atoms with E-state index in [1.165, 1.54) is 33.3 Å². The Bertz CT molecular complexity index is 772. The number of nitrogens with zero attached hydrogens (tertiary/aromatic N) is 1. The van der Waals surface area contributed by atoms with E-state index in [2.05, 4.69) is 55.5 Å². The van der Waals surface area contributed by atoms with Gasteiger partial charge in [-0.15, -0.1) is 0 Å². The molecule has 0 aliphatic heterocycles. The second-order valence-corrected chi connectivity index (χ2v) is 4.96. The average Bonchev–Trinajstić information content (AvgIpc) is 2.75. The van der Waals surface area contributed by atoms with E-state index in [1.54, 1.807) is 0 Å². The maximum atomic E-state index is 4.87. The van der Waals surface area contributed by atoms with Gasteiger partial charge in [0, 0.05) is 17.4 Å². The molecule has 1 aromatic heterocycles. The number of hydrogen-bond acceptors (Lipinski definition) is 1. The first-order valence-corrected chi connectivity index (χ1v) is 6.30. The maximum absolute atomic E-state index is 4.87. The highest BCUT2D eigenvalue weighted by molar-refractivity contribution is 5.89. The quantitative estimate of drug-likeness (QED) is 0.443. The molecule has 86 valence electrons. The summed E-state index contributed by atoms with van der Waals surface area (Å²) in [6.45, 7) is 2.13. The standard InChI is InChI=1S/C17H13N/c1-11-5-4-7-13-9-15-14-8-3-2-6-12(14)10-16(15)18-17(11)13/h2-9H,10H2,1H3. The molecule has 0 spiro atoms. The third-order valence-electron chi connectivity index (χ3n) is 3.79. The summed E-state index contributed by atoms with van der Waals surface area (Å²) in [6, 6.07) is 17.3. The second kappa shape index (κ2) is 3.42. The Balaban J connectivity index is 2.08. The molecule has 0 saturated heterocycles. The maximum Gasteiger partial charge on any atom is 0.0735 e. The fourth-order valence-electron chi connectivity index (χ4n) is 2.87. The predicted molar refractivity (Wildman–Crippen MR) is 74.7 cm³/mol. The topological polar surface area (TPSA) is 12.9 Å². The number of fused-ring (bicyclic) bond motifs is 4. The minimum atomic E-state index is 0.968. The summed E-state index contributed by atoms with van der Waals surface area (Å²) in [4.78, 5) is 4.87. The van der Waals surface area contributed by atoms with Gasteiger partial charge in [-0.25, -0.2) is 0 Å². The van der Waals surface area contributed by atoms with Crippen LogP contribution in [0.5, 0.6) is 0 Å². The zero-order chi connectivity index (χ0) is 12.1. The van der Waals surface area contributed by atoms with E-state index >= 15 is 0 Å². The van der Waals surface area contributed by atoms with Gasteiger partial charge in [0.2, 0.25) is 0 Å². The van der Waals surface area contributed by atoms with Crippen molar-refractivity contribution in [1.29, 1.82) is 0 Å². The molecule has 0 unspecified atom stereocenters. The van der Waals surface area contributed by atoms with Crippen molar-refractivity contribution < 1.29 is 0 Å². The minimum Gasteiger partial charge on any atom is -0.252 e. The Morgan fingerprint density at radius 1 is 0.944 bits per heavy atom. The van der Waals surface area contributed by atoms with Crippen molar-refractivity contribution in [3.05, 3.63) is 65.4 Å². The molecule has 1 aliphatic rings. The van der Waals surface area contributed by atoms with Crippen LogP contribution in [-0.2, 0) is 6.42 Å². The van der Waals surface area contributed by atoms with Crippen LogP contribution < -0.4 is 0 Å². The van der Waals surface area contributed by atoms with Crippen LogP contribution >= 0.6 is 0 Å². The molecule has 1 heteroatoms. The molecule has 0 radical (unpaired) electrons. The lowest BCUT2D eigenvalue weighted by Crippen LogP contribution is -1.90. The van der Waals surface area contributed by atoms with Gasteiger partial charge in [0.05, 0.1) is 11.2 Å². The molecule has 4 rings (SSSR count). The molecule has 1 heterocycles. The van der Waals surface area contributed by atoms with Crippen LogP contribution in [0.2, 0.25) is 0 Å². The van der Waals surface area contributed by atoms with Crippen molar-refractivity contribution in [3.8, 4) is 11.1 Å².